The summed E-state index contributed by atoms with van der Waals surface area (Å²) in [6.45, 7) is 9.25. The number of benzene rings is 1. The quantitative estimate of drug-likeness (QED) is 0.801. The van der Waals surface area contributed by atoms with Crippen molar-refractivity contribution in [2.24, 2.45) is 5.92 Å². The summed E-state index contributed by atoms with van der Waals surface area (Å²) in [4.78, 5) is 14.2. The minimum absolute atomic E-state index is 0.228. The Morgan fingerprint density at radius 2 is 1.95 bits per heavy atom. The molecule has 0 aliphatic heterocycles. The monoisotopic (exact) mass is 262 g/mol. The highest BCUT2D eigenvalue weighted by Gasteiger charge is 2.17. The zero-order valence-electron chi connectivity index (χ0n) is 12.5. The van der Waals surface area contributed by atoms with Crippen molar-refractivity contribution in [3.05, 3.63) is 29.8 Å². The summed E-state index contributed by atoms with van der Waals surface area (Å²) in [6, 6.07) is 8.02. The maximum absolute atomic E-state index is 12.3. The molecule has 1 aromatic carbocycles. The first kappa shape index (κ1) is 15.5. The van der Waals surface area contributed by atoms with Crippen LogP contribution in [-0.2, 0) is 11.2 Å². The van der Waals surface area contributed by atoms with Crippen LogP contribution in [0.3, 0.4) is 0 Å². The summed E-state index contributed by atoms with van der Waals surface area (Å²) in [5.41, 5.74) is 7.63. The van der Waals surface area contributed by atoms with E-state index in [1.54, 1.807) is 0 Å². The third kappa shape index (κ3) is 5.33. The van der Waals surface area contributed by atoms with E-state index in [1.807, 2.05) is 29.2 Å². The minimum Gasteiger partial charge on any atom is -0.399 e. The van der Waals surface area contributed by atoms with Crippen LogP contribution in [0.15, 0.2) is 24.3 Å². The molecule has 0 atom stereocenters. The lowest BCUT2D eigenvalue weighted by Gasteiger charge is -2.28. The van der Waals surface area contributed by atoms with Gasteiger partial charge in [0.15, 0.2) is 0 Å². The van der Waals surface area contributed by atoms with Crippen molar-refractivity contribution in [3.63, 3.8) is 0 Å². The number of hydrogen-bond donors (Lipinski definition) is 1. The molecule has 0 heterocycles. The van der Waals surface area contributed by atoms with Crippen LogP contribution in [0, 0.1) is 5.92 Å². The molecule has 1 rings (SSSR count). The zero-order valence-corrected chi connectivity index (χ0v) is 12.5. The van der Waals surface area contributed by atoms with Crippen molar-refractivity contribution in [2.45, 2.75) is 46.6 Å². The average Bonchev–Trinajstić information content (AvgIpc) is 2.32. The minimum atomic E-state index is 0.228. The molecule has 0 bridgehead atoms. The number of nitrogens with two attached hydrogens (primary N) is 1. The third-order valence-electron chi connectivity index (χ3n) is 3.08. The molecule has 0 fully saturated rings. The fourth-order valence-electron chi connectivity index (χ4n) is 2.14. The Balaban J connectivity index is 2.57. The Labute approximate surface area is 116 Å². The van der Waals surface area contributed by atoms with Crippen molar-refractivity contribution in [2.75, 3.05) is 12.3 Å². The SMILES string of the molecule is CC(C)CN(C(=O)CCc1cccc(N)c1)C(C)C. The van der Waals surface area contributed by atoms with Gasteiger partial charge in [-0.2, -0.15) is 0 Å². The number of amides is 1. The molecular weight excluding hydrogens is 236 g/mol. The maximum atomic E-state index is 12.3. The van der Waals surface area contributed by atoms with E-state index in [0.717, 1.165) is 24.2 Å². The van der Waals surface area contributed by atoms with Gasteiger partial charge in [-0.1, -0.05) is 26.0 Å². The maximum Gasteiger partial charge on any atom is 0.223 e. The number of carbonyl (C=O) groups is 1. The van der Waals surface area contributed by atoms with Gasteiger partial charge in [0.25, 0.3) is 0 Å². The fourth-order valence-corrected chi connectivity index (χ4v) is 2.14. The molecule has 106 valence electrons. The molecule has 0 aliphatic rings. The first-order valence-corrected chi connectivity index (χ1v) is 7.04. The Morgan fingerprint density at radius 3 is 2.47 bits per heavy atom. The topological polar surface area (TPSA) is 46.3 Å². The van der Waals surface area contributed by atoms with Crippen LogP contribution in [0.25, 0.3) is 0 Å². The van der Waals surface area contributed by atoms with Crippen molar-refractivity contribution in [3.8, 4) is 0 Å². The van der Waals surface area contributed by atoms with Gasteiger partial charge in [-0.3, -0.25) is 4.79 Å². The van der Waals surface area contributed by atoms with Crippen molar-refractivity contribution in [1.82, 2.24) is 4.90 Å². The lowest BCUT2D eigenvalue weighted by molar-refractivity contribution is -0.133. The van der Waals surface area contributed by atoms with E-state index in [2.05, 4.69) is 27.7 Å². The predicted molar refractivity (Wildman–Crippen MR) is 80.9 cm³/mol. The molecule has 3 heteroatoms. The van der Waals surface area contributed by atoms with Crippen LogP contribution in [0.5, 0.6) is 0 Å². The van der Waals surface area contributed by atoms with Crippen molar-refractivity contribution in [1.29, 1.82) is 0 Å². The number of nitrogen functional groups attached to an aromatic ring is 1. The smallest absolute Gasteiger partial charge is 0.223 e. The number of rotatable bonds is 6. The number of nitrogens with zero attached hydrogens (tertiary/aromatic N) is 1. The van der Waals surface area contributed by atoms with Crippen LogP contribution < -0.4 is 5.73 Å². The van der Waals surface area contributed by atoms with Gasteiger partial charge < -0.3 is 10.6 Å². The molecule has 0 aromatic heterocycles. The van der Waals surface area contributed by atoms with E-state index in [9.17, 15) is 4.79 Å². The fraction of sp³-hybridized carbons (Fsp3) is 0.562. The predicted octanol–water partition coefficient (Wildman–Crippen LogP) is 3.09. The summed E-state index contributed by atoms with van der Waals surface area (Å²) >= 11 is 0. The molecule has 0 spiro atoms. The second-order valence-corrected chi connectivity index (χ2v) is 5.78. The van der Waals surface area contributed by atoms with E-state index < -0.39 is 0 Å². The standard InChI is InChI=1S/C16H26N2O/c1-12(2)11-18(13(3)4)16(19)9-8-14-6-5-7-15(17)10-14/h5-7,10,12-13H,8-9,11,17H2,1-4H3. The van der Waals surface area contributed by atoms with Crippen LogP contribution >= 0.6 is 0 Å². The Bertz CT molecular complexity index is 413. The van der Waals surface area contributed by atoms with Gasteiger partial charge >= 0.3 is 0 Å². The van der Waals surface area contributed by atoms with Gasteiger partial charge in [0.1, 0.15) is 0 Å². The van der Waals surface area contributed by atoms with Gasteiger partial charge in [0.2, 0.25) is 5.91 Å². The lowest BCUT2D eigenvalue weighted by Crippen LogP contribution is -2.39. The third-order valence-corrected chi connectivity index (χ3v) is 3.08. The number of carbonyl (C=O) groups excluding carboxylic acids is 1. The first-order valence-electron chi connectivity index (χ1n) is 7.04. The van der Waals surface area contributed by atoms with E-state index in [4.69, 9.17) is 5.73 Å². The molecule has 0 saturated carbocycles. The summed E-state index contributed by atoms with van der Waals surface area (Å²) in [6.07, 6.45) is 1.31. The van der Waals surface area contributed by atoms with E-state index in [1.165, 1.54) is 0 Å². The number of aryl methyl sites for hydroxylation is 1. The highest BCUT2D eigenvalue weighted by atomic mass is 16.2. The molecule has 0 radical (unpaired) electrons. The van der Waals surface area contributed by atoms with Crippen molar-refractivity contribution >= 4 is 11.6 Å². The van der Waals surface area contributed by atoms with Crippen LogP contribution in [0.1, 0.15) is 39.7 Å². The van der Waals surface area contributed by atoms with Gasteiger partial charge in [-0.05, 0) is 43.9 Å². The number of anilines is 1. The van der Waals surface area contributed by atoms with Gasteiger partial charge in [-0.15, -0.1) is 0 Å². The first-order chi connectivity index (χ1) is 8.90. The Kier molecular flexibility index (Phi) is 5.87. The van der Waals surface area contributed by atoms with Gasteiger partial charge in [0.05, 0.1) is 0 Å². The normalized spacial score (nSPS) is 11.1. The molecule has 1 amide bonds. The summed E-state index contributed by atoms with van der Waals surface area (Å²) < 4.78 is 0. The zero-order chi connectivity index (χ0) is 14.4. The van der Waals surface area contributed by atoms with Crippen LogP contribution in [0.4, 0.5) is 5.69 Å². The molecule has 0 saturated heterocycles. The van der Waals surface area contributed by atoms with Gasteiger partial charge in [0, 0.05) is 24.7 Å². The molecule has 0 aliphatic carbocycles. The van der Waals surface area contributed by atoms with Crippen LogP contribution in [-0.4, -0.2) is 23.4 Å². The summed E-state index contributed by atoms with van der Waals surface area (Å²) in [7, 11) is 0. The Morgan fingerprint density at radius 1 is 1.26 bits per heavy atom. The molecule has 19 heavy (non-hydrogen) atoms. The lowest BCUT2D eigenvalue weighted by atomic mass is 10.1. The van der Waals surface area contributed by atoms with E-state index >= 15 is 0 Å². The summed E-state index contributed by atoms with van der Waals surface area (Å²) in [5, 5.41) is 0. The second kappa shape index (κ2) is 7.17. The largest absolute Gasteiger partial charge is 0.399 e. The molecular formula is C16H26N2O. The van der Waals surface area contributed by atoms with E-state index in [0.29, 0.717) is 12.3 Å². The summed E-state index contributed by atoms with van der Waals surface area (Å²) in [5.74, 6) is 0.727. The van der Waals surface area contributed by atoms with Gasteiger partial charge in [-0.25, -0.2) is 0 Å². The molecule has 2 N–H and O–H groups in total. The highest BCUT2D eigenvalue weighted by molar-refractivity contribution is 5.76. The van der Waals surface area contributed by atoms with E-state index in [-0.39, 0.29) is 11.9 Å². The number of hydrogen-bond acceptors (Lipinski definition) is 2. The van der Waals surface area contributed by atoms with Crippen LogP contribution in [0.2, 0.25) is 0 Å². The van der Waals surface area contributed by atoms with Crippen molar-refractivity contribution < 1.29 is 4.79 Å². The molecule has 1 aromatic rings. The molecule has 3 nitrogen and oxygen atoms in total. The Hall–Kier alpha value is -1.51. The molecule has 0 unspecified atom stereocenters. The average molecular weight is 262 g/mol. The second-order valence-electron chi connectivity index (χ2n) is 5.78. The highest BCUT2D eigenvalue weighted by Crippen LogP contribution is 2.12.